The SMILES string of the molecule is CSCCC(NC(=O)C(CCC(N)=O)NC(=O)C(N)Cc1ccc(O)cc1)C(=O)NCC(=O)O. The molecule has 0 aliphatic rings. The molecule has 0 aromatic heterocycles. The van der Waals surface area contributed by atoms with Crippen LogP contribution in [0, 0.1) is 0 Å². The lowest BCUT2D eigenvalue weighted by molar-refractivity contribution is -0.138. The molecule has 3 unspecified atom stereocenters. The number of carbonyl (C=O) groups is 5. The fraction of sp³-hybridized carbons (Fsp3) is 0.476. The number of phenols is 1. The van der Waals surface area contributed by atoms with Crippen LogP contribution in [-0.4, -0.2) is 76.5 Å². The van der Waals surface area contributed by atoms with Gasteiger partial charge < -0.3 is 37.6 Å². The first-order valence-electron chi connectivity index (χ1n) is 10.4. The number of benzene rings is 1. The number of amides is 4. The van der Waals surface area contributed by atoms with E-state index in [0.29, 0.717) is 11.3 Å². The zero-order valence-electron chi connectivity index (χ0n) is 18.8. The molecule has 1 aromatic rings. The standard InChI is InChI=1S/C21H31N5O7S/c1-34-9-8-16(20(32)24-11-18(29)30)26-21(33)15(6-7-17(23)28)25-19(31)14(22)10-12-2-4-13(27)5-3-12/h2-5,14-16,27H,6-11,22H2,1H3,(H2,23,28)(H,24,32)(H,25,31)(H,26,33)(H,29,30). The van der Waals surface area contributed by atoms with Gasteiger partial charge in [0.25, 0.3) is 0 Å². The molecule has 3 atom stereocenters. The fourth-order valence-electron chi connectivity index (χ4n) is 2.88. The average Bonchev–Trinajstić information content (AvgIpc) is 2.78. The van der Waals surface area contributed by atoms with Gasteiger partial charge in [0.05, 0.1) is 6.04 Å². The molecule has 0 saturated heterocycles. The summed E-state index contributed by atoms with van der Waals surface area (Å²) in [7, 11) is 0. The zero-order valence-corrected chi connectivity index (χ0v) is 19.6. The second kappa shape index (κ2) is 14.8. The van der Waals surface area contributed by atoms with Gasteiger partial charge in [-0.1, -0.05) is 12.1 Å². The molecule has 0 bridgehead atoms. The van der Waals surface area contributed by atoms with E-state index < -0.39 is 54.3 Å². The van der Waals surface area contributed by atoms with Crippen LogP contribution in [0.15, 0.2) is 24.3 Å². The number of aliphatic carboxylic acids is 1. The number of thioether (sulfide) groups is 1. The molecule has 34 heavy (non-hydrogen) atoms. The Hall–Kier alpha value is -3.32. The number of carboxylic acids is 1. The van der Waals surface area contributed by atoms with Crippen molar-refractivity contribution in [2.24, 2.45) is 11.5 Å². The number of carbonyl (C=O) groups excluding carboxylic acids is 4. The molecule has 0 spiro atoms. The van der Waals surface area contributed by atoms with Crippen LogP contribution in [-0.2, 0) is 30.4 Å². The molecule has 0 aliphatic carbocycles. The topological polar surface area (TPSA) is 214 Å². The summed E-state index contributed by atoms with van der Waals surface area (Å²) in [5, 5.41) is 25.3. The van der Waals surface area contributed by atoms with Gasteiger partial charge in [-0.3, -0.25) is 24.0 Å². The number of primary amides is 1. The summed E-state index contributed by atoms with van der Waals surface area (Å²) in [5.41, 5.74) is 11.8. The van der Waals surface area contributed by atoms with E-state index in [1.165, 1.54) is 23.9 Å². The van der Waals surface area contributed by atoms with Crippen LogP contribution >= 0.6 is 11.8 Å². The second-order valence-corrected chi connectivity index (χ2v) is 8.48. The lowest BCUT2D eigenvalue weighted by Crippen LogP contribution is -2.56. The summed E-state index contributed by atoms with van der Waals surface area (Å²) in [6.45, 7) is -0.613. The van der Waals surface area contributed by atoms with E-state index in [2.05, 4.69) is 16.0 Å². The molecule has 0 radical (unpaired) electrons. The highest BCUT2D eigenvalue weighted by molar-refractivity contribution is 7.98. The van der Waals surface area contributed by atoms with Crippen LogP contribution in [0.4, 0.5) is 0 Å². The molecule has 9 N–H and O–H groups in total. The van der Waals surface area contributed by atoms with Gasteiger partial charge in [-0.15, -0.1) is 0 Å². The number of hydrogen-bond acceptors (Lipinski definition) is 8. The molecule has 1 rings (SSSR count). The highest BCUT2D eigenvalue weighted by Gasteiger charge is 2.28. The summed E-state index contributed by atoms with van der Waals surface area (Å²) < 4.78 is 0. The minimum absolute atomic E-state index is 0.0633. The summed E-state index contributed by atoms with van der Waals surface area (Å²) in [6, 6.07) is 2.84. The predicted molar refractivity (Wildman–Crippen MR) is 126 cm³/mol. The van der Waals surface area contributed by atoms with Gasteiger partial charge in [0, 0.05) is 6.42 Å². The van der Waals surface area contributed by atoms with Gasteiger partial charge in [-0.25, -0.2) is 0 Å². The molecular weight excluding hydrogens is 466 g/mol. The van der Waals surface area contributed by atoms with E-state index in [-0.39, 0.29) is 31.4 Å². The van der Waals surface area contributed by atoms with Gasteiger partial charge >= 0.3 is 5.97 Å². The van der Waals surface area contributed by atoms with Crippen LogP contribution in [0.1, 0.15) is 24.8 Å². The Morgan fingerprint density at radius 2 is 1.56 bits per heavy atom. The number of nitrogens with two attached hydrogens (primary N) is 2. The van der Waals surface area contributed by atoms with E-state index in [0.717, 1.165) is 0 Å². The van der Waals surface area contributed by atoms with E-state index in [1.54, 1.807) is 18.4 Å². The first-order valence-corrected chi connectivity index (χ1v) is 11.8. The largest absolute Gasteiger partial charge is 0.508 e. The molecular formula is C21H31N5O7S. The molecule has 188 valence electrons. The van der Waals surface area contributed by atoms with Crippen LogP contribution < -0.4 is 27.4 Å². The molecule has 1 aromatic carbocycles. The molecule has 4 amide bonds. The maximum absolute atomic E-state index is 12.9. The van der Waals surface area contributed by atoms with Crippen molar-refractivity contribution >= 4 is 41.4 Å². The van der Waals surface area contributed by atoms with Crippen LogP contribution in [0.5, 0.6) is 5.75 Å². The summed E-state index contributed by atoms with van der Waals surface area (Å²) in [5.74, 6) is -3.43. The van der Waals surface area contributed by atoms with Crippen molar-refractivity contribution in [1.82, 2.24) is 16.0 Å². The van der Waals surface area contributed by atoms with Crippen molar-refractivity contribution < 1.29 is 34.2 Å². The van der Waals surface area contributed by atoms with E-state index >= 15 is 0 Å². The lowest BCUT2D eigenvalue weighted by atomic mass is 10.0. The van der Waals surface area contributed by atoms with Crippen molar-refractivity contribution in [3.8, 4) is 5.75 Å². The van der Waals surface area contributed by atoms with Gasteiger partial charge in [0.2, 0.25) is 23.6 Å². The summed E-state index contributed by atoms with van der Waals surface area (Å²) >= 11 is 1.43. The lowest BCUT2D eigenvalue weighted by Gasteiger charge is -2.24. The highest BCUT2D eigenvalue weighted by Crippen LogP contribution is 2.11. The number of hydrogen-bond donors (Lipinski definition) is 7. The molecule has 13 heteroatoms. The molecule has 0 heterocycles. The summed E-state index contributed by atoms with van der Waals surface area (Å²) in [4.78, 5) is 59.8. The van der Waals surface area contributed by atoms with Crippen molar-refractivity contribution in [1.29, 1.82) is 0 Å². The minimum atomic E-state index is -1.24. The Kier molecular flexibility index (Phi) is 12.5. The van der Waals surface area contributed by atoms with E-state index in [1.807, 2.05) is 0 Å². The third-order valence-electron chi connectivity index (χ3n) is 4.70. The normalized spacial score (nSPS) is 13.2. The first kappa shape index (κ1) is 28.7. The van der Waals surface area contributed by atoms with Gasteiger partial charge in [0.15, 0.2) is 0 Å². The quantitative estimate of drug-likeness (QED) is 0.149. The second-order valence-electron chi connectivity index (χ2n) is 7.50. The molecule has 0 aliphatic heterocycles. The van der Waals surface area contributed by atoms with Gasteiger partial charge in [0.1, 0.15) is 24.4 Å². The van der Waals surface area contributed by atoms with E-state index in [4.69, 9.17) is 16.6 Å². The van der Waals surface area contributed by atoms with Crippen LogP contribution in [0.2, 0.25) is 0 Å². The van der Waals surface area contributed by atoms with Crippen molar-refractivity contribution in [3.63, 3.8) is 0 Å². The van der Waals surface area contributed by atoms with E-state index in [9.17, 15) is 29.1 Å². The number of carboxylic acid groups (broad SMARTS) is 1. The molecule has 0 fully saturated rings. The van der Waals surface area contributed by atoms with Gasteiger partial charge in [-0.05, 0) is 49.0 Å². The number of aromatic hydroxyl groups is 1. The minimum Gasteiger partial charge on any atom is -0.508 e. The zero-order chi connectivity index (χ0) is 25.7. The Morgan fingerprint density at radius 1 is 0.971 bits per heavy atom. The number of phenolic OH excluding ortho intramolecular Hbond substituents is 1. The molecule has 0 saturated carbocycles. The third-order valence-corrected chi connectivity index (χ3v) is 5.34. The Balaban J connectivity index is 2.88. The van der Waals surface area contributed by atoms with Crippen molar-refractivity contribution in [3.05, 3.63) is 29.8 Å². The van der Waals surface area contributed by atoms with Crippen molar-refractivity contribution in [2.75, 3.05) is 18.6 Å². The smallest absolute Gasteiger partial charge is 0.322 e. The Labute approximate surface area is 201 Å². The third kappa shape index (κ3) is 11.0. The summed E-state index contributed by atoms with van der Waals surface area (Å²) in [6.07, 6.45) is 1.83. The Morgan fingerprint density at radius 3 is 2.12 bits per heavy atom. The molecule has 12 nitrogen and oxygen atoms in total. The first-order chi connectivity index (χ1) is 16.0. The fourth-order valence-corrected chi connectivity index (χ4v) is 3.35. The van der Waals surface area contributed by atoms with Crippen LogP contribution in [0.25, 0.3) is 0 Å². The highest BCUT2D eigenvalue weighted by atomic mass is 32.2. The maximum atomic E-state index is 12.9. The number of rotatable bonds is 15. The van der Waals surface area contributed by atoms with Crippen LogP contribution in [0.3, 0.4) is 0 Å². The van der Waals surface area contributed by atoms with Crippen molar-refractivity contribution in [2.45, 2.75) is 43.8 Å². The monoisotopic (exact) mass is 497 g/mol. The number of nitrogens with one attached hydrogen (secondary N) is 3. The predicted octanol–water partition coefficient (Wildman–Crippen LogP) is -1.55. The van der Waals surface area contributed by atoms with Gasteiger partial charge in [-0.2, -0.15) is 11.8 Å². The Bertz CT molecular complexity index is 866. The maximum Gasteiger partial charge on any atom is 0.322 e. The average molecular weight is 498 g/mol.